The SMILES string of the molecule is CNC(Cc1c(C)cc(C)cc1C)c1cncs1. The van der Waals surface area contributed by atoms with Gasteiger partial charge in [-0.05, 0) is 50.9 Å². The summed E-state index contributed by atoms with van der Waals surface area (Å²) in [6.07, 6.45) is 2.99. The van der Waals surface area contributed by atoms with E-state index in [0.717, 1.165) is 6.42 Å². The molecular weight excluding hydrogens is 240 g/mol. The lowest BCUT2D eigenvalue weighted by atomic mass is 9.94. The number of hydrogen-bond donors (Lipinski definition) is 1. The molecule has 0 spiro atoms. The minimum Gasteiger partial charge on any atom is -0.312 e. The monoisotopic (exact) mass is 260 g/mol. The van der Waals surface area contributed by atoms with Gasteiger partial charge in [0.05, 0.1) is 5.51 Å². The molecule has 0 bridgehead atoms. The molecule has 0 saturated heterocycles. The van der Waals surface area contributed by atoms with E-state index < -0.39 is 0 Å². The normalized spacial score (nSPS) is 12.7. The van der Waals surface area contributed by atoms with Gasteiger partial charge < -0.3 is 5.32 Å². The van der Waals surface area contributed by atoms with Gasteiger partial charge in [-0.2, -0.15) is 0 Å². The van der Waals surface area contributed by atoms with Crippen LogP contribution in [-0.4, -0.2) is 12.0 Å². The summed E-state index contributed by atoms with van der Waals surface area (Å²) in [5.74, 6) is 0. The van der Waals surface area contributed by atoms with Crippen molar-refractivity contribution in [3.05, 3.63) is 51.0 Å². The van der Waals surface area contributed by atoms with E-state index in [-0.39, 0.29) is 0 Å². The van der Waals surface area contributed by atoms with Crippen molar-refractivity contribution in [3.8, 4) is 0 Å². The highest BCUT2D eigenvalue weighted by molar-refractivity contribution is 7.09. The molecule has 0 aliphatic carbocycles. The van der Waals surface area contributed by atoms with E-state index >= 15 is 0 Å². The molecule has 1 unspecified atom stereocenters. The van der Waals surface area contributed by atoms with Gasteiger partial charge in [0.1, 0.15) is 0 Å². The van der Waals surface area contributed by atoms with Crippen LogP contribution in [0.15, 0.2) is 23.8 Å². The van der Waals surface area contributed by atoms with Gasteiger partial charge in [-0.25, -0.2) is 0 Å². The smallest absolute Gasteiger partial charge is 0.0794 e. The highest BCUT2D eigenvalue weighted by Crippen LogP contribution is 2.25. The highest BCUT2D eigenvalue weighted by Gasteiger charge is 2.14. The molecule has 0 fully saturated rings. The van der Waals surface area contributed by atoms with E-state index in [1.54, 1.807) is 11.3 Å². The zero-order valence-electron chi connectivity index (χ0n) is 11.4. The van der Waals surface area contributed by atoms with Crippen LogP contribution in [0.25, 0.3) is 0 Å². The molecule has 1 aromatic heterocycles. The Kier molecular flexibility index (Phi) is 4.15. The number of rotatable bonds is 4. The molecule has 1 aromatic carbocycles. The summed E-state index contributed by atoms with van der Waals surface area (Å²) >= 11 is 1.72. The number of thiazole rings is 1. The van der Waals surface area contributed by atoms with E-state index in [9.17, 15) is 0 Å². The first-order valence-corrected chi connectivity index (χ1v) is 7.12. The minimum absolute atomic E-state index is 0.359. The topological polar surface area (TPSA) is 24.9 Å². The minimum atomic E-state index is 0.359. The van der Waals surface area contributed by atoms with Gasteiger partial charge in [-0.15, -0.1) is 11.3 Å². The Morgan fingerprint density at radius 3 is 2.39 bits per heavy atom. The molecule has 0 amide bonds. The summed E-state index contributed by atoms with van der Waals surface area (Å²) < 4.78 is 0. The molecule has 1 heterocycles. The molecule has 0 aliphatic rings. The maximum absolute atomic E-state index is 4.17. The number of nitrogens with one attached hydrogen (secondary N) is 1. The zero-order valence-corrected chi connectivity index (χ0v) is 12.3. The Hall–Kier alpha value is -1.19. The van der Waals surface area contributed by atoms with Crippen LogP contribution in [0, 0.1) is 20.8 Å². The molecule has 2 nitrogen and oxygen atoms in total. The van der Waals surface area contributed by atoms with Crippen LogP contribution in [0.3, 0.4) is 0 Å². The first kappa shape index (κ1) is 13.2. The maximum atomic E-state index is 4.17. The fourth-order valence-corrected chi connectivity index (χ4v) is 3.21. The number of likely N-dealkylation sites (N-methyl/N-ethyl adjacent to an activating group) is 1. The Labute approximate surface area is 113 Å². The number of aryl methyl sites for hydroxylation is 3. The average molecular weight is 260 g/mol. The van der Waals surface area contributed by atoms with Gasteiger partial charge in [0.2, 0.25) is 0 Å². The molecule has 2 aromatic rings. The summed E-state index contributed by atoms with van der Waals surface area (Å²) in [4.78, 5) is 5.47. The van der Waals surface area contributed by atoms with Crippen molar-refractivity contribution >= 4 is 11.3 Å². The van der Waals surface area contributed by atoms with Crippen molar-refractivity contribution in [1.29, 1.82) is 0 Å². The van der Waals surface area contributed by atoms with Crippen molar-refractivity contribution in [2.45, 2.75) is 33.2 Å². The van der Waals surface area contributed by atoms with Crippen molar-refractivity contribution in [2.24, 2.45) is 0 Å². The predicted octanol–water partition coefficient (Wildman–Crippen LogP) is 3.57. The highest BCUT2D eigenvalue weighted by atomic mass is 32.1. The molecule has 0 saturated carbocycles. The summed E-state index contributed by atoms with van der Waals surface area (Å²) in [5.41, 5.74) is 7.46. The predicted molar refractivity (Wildman–Crippen MR) is 78.3 cm³/mol. The van der Waals surface area contributed by atoms with Crippen LogP contribution in [0.5, 0.6) is 0 Å². The largest absolute Gasteiger partial charge is 0.312 e. The third-order valence-corrected chi connectivity index (χ3v) is 4.28. The van der Waals surface area contributed by atoms with Gasteiger partial charge in [-0.3, -0.25) is 4.98 Å². The van der Waals surface area contributed by atoms with Crippen LogP contribution in [0.2, 0.25) is 0 Å². The summed E-state index contributed by atoms with van der Waals surface area (Å²) in [5, 5.41) is 3.39. The second kappa shape index (κ2) is 5.63. The standard InChI is InChI=1S/C15H20N2S/c1-10-5-11(2)13(12(3)6-10)7-14(16-4)15-8-17-9-18-15/h5-6,8-9,14,16H,7H2,1-4H3. The van der Waals surface area contributed by atoms with Crippen molar-refractivity contribution < 1.29 is 0 Å². The number of benzene rings is 1. The van der Waals surface area contributed by atoms with Crippen LogP contribution in [-0.2, 0) is 6.42 Å². The second-order valence-electron chi connectivity index (χ2n) is 4.83. The van der Waals surface area contributed by atoms with Gasteiger partial charge in [0.25, 0.3) is 0 Å². The summed E-state index contributed by atoms with van der Waals surface area (Å²) in [6.45, 7) is 6.56. The molecule has 3 heteroatoms. The first-order valence-electron chi connectivity index (χ1n) is 6.24. The Balaban J connectivity index is 2.28. The molecule has 2 rings (SSSR count). The summed E-state index contributed by atoms with van der Waals surface area (Å²) in [6, 6.07) is 4.89. The molecule has 96 valence electrons. The molecule has 1 atom stereocenters. The third kappa shape index (κ3) is 2.79. The van der Waals surface area contributed by atoms with Crippen LogP contribution in [0.1, 0.15) is 33.2 Å². The average Bonchev–Trinajstić information content (AvgIpc) is 2.81. The van der Waals surface area contributed by atoms with E-state index in [1.807, 2.05) is 18.8 Å². The van der Waals surface area contributed by atoms with Gasteiger partial charge >= 0.3 is 0 Å². The lowest BCUT2D eigenvalue weighted by molar-refractivity contribution is 0.598. The van der Waals surface area contributed by atoms with Gasteiger partial charge in [0, 0.05) is 17.1 Å². The van der Waals surface area contributed by atoms with Gasteiger partial charge in [-0.1, -0.05) is 17.7 Å². The maximum Gasteiger partial charge on any atom is 0.0794 e. The number of aromatic nitrogens is 1. The van der Waals surface area contributed by atoms with E-state index in [1.165, 1.54) is 27.1 Å². The van der Waals surface area contributed by atoms with Crippen LogP contribution < -0.4 is 5.32 Å². The van der Waals surface area contributed by atoms with Gasteiger partial charge in [0.15, 0.2) is 0 Å². The fraction of sp³-hybridized carbons (Fsp3) is 0.400. The number of nitrogens with zero attached hydrogens (tertiary/aromatic N) is 1. The van der Waals surface area contributed by atoms with Crippen molar-refractivity contribution in [3.63, 3.8) is 0 Å². The fourth-order valence-electron chi connectivity index (χ4n) is 2.48. The summed E-state index contributed by atoms with van der Waals surface area (Å²) in [7, 11) is 2.02. The molecule has 0 radical (unpaired) electrons. The van der Waals surface area contributed by atoms with E-state index in [0.29, 0.717) is 6.04 Å². The number of hydrogen-bond acceptors (Lipinski definition) is 3. The van der Waals surface area contributed by atoms with E-state index in [2.05, 4.69) is 43.2 Å². The molecule has 1 N–H and O–H groups in total. The Morgan fingerprint density at radius 2 is 1.89 bits per heavy atom. The van der Waals surface area contributed by atoms with Crippen LogP contribution in [0.4, 0.5) is 0 Å². The lowest BCUT2D eigenvalue weighted by Gasteiger charge is -2.18. The zero-order chi connectivity index (χ0) is 13.1. The molecule has 18 heavy (non-hydrogen) atoms. The van der Waals surface area contributed by atoms with Crippen LogP contribution >= 0.6 is 11.3 Å². The third-order valence-electron chi connectivity index (χ3n) is 3.39. The molecule has 0 aliphatic heterocycles. The van der Waals surface area contributed by atoms with E-state index in [4.69, 9.17) is 0 Å². The Bertz CT molecular complexity index is 494. The Morgan fingerprint density at radius 1 is 1.22 bits per heavy atom. The first-order chi connectivity index (χ1) is 8.61. The lowest BCUT2D eigenvalue weighted by Crippen LogP contribution is -2.18. The molecular formula is C15H20N2S. The van der Waals surface area contributed by atoms with Crippen molar-refractivity contribution in [1.82, 2.24) is 10.3 Å². The quantitative estimate of drug-likeness (QED) is 0.909. The second-order valence-corrected chi connectivity index (χ2v) is 5.74. The van der Waals surface area contributed by atoms with Crippen molar-refractivity contribution in [2.75, 3.05) is 7.05 Å².